The second-order valence-electron chi connectivity index (χ2n) is 6.36. The highest BCUT2D eigenvalue weighted by molar-refractivity contribution is 7.98. The molecule has 136 valence electrons. The Morgan fingerprint density at radius 3 is 2.70 bits per heavy atom. The number of rotatable bonds is 4. The first kappa shape index (κ1) is 17.5. The Kier molecular flexibility index (Phi) is 4.53. The first-order chi connectivity index (χ1) is 13.0. The molecule has 0 amide bonds. The molecule has 4 aromatic rings. The Morgan fingerprint density at radius 1 is 1.15 bits per heavy atom. The van der Waals surface area contributed by atoms with Gasteiger partial charge in [0, 0.05) is 5.75 Å². The van der Waals surface area contributed by atoms with Crippen molar-refractivity contribution in [1.82, 2.24) is 19.7 Å². The van der Waals surface area contributed by atoms with Gasteiger partial charge in [0.2, 0.25) is 0 Å². The number of halogens is 1. The summed E-state index contributed by atoms with van der Waals surface area (Å²) in [5, 5.41) is 5.17. The highest BCUT2D eigenvalue weighted by Crippen LogP contribution is 2.23. The molecule has 0 atom stereocenters. The number of aromatic amines is 1. The molecule has 0 aliphatic heterocycles. The van der Waals surface area contributed by atoms with Crippen LogP contribution in [-0.4, -0.2) is 19.7 Å². The van der Waals surface area contributed by atoms with E-state index in [0.717, 1.165) is 0 Å². The minimum absolute atomic E-state index is 0.239. The van der Waals surface area contributed by atoms with E-state index >= 15 is 0 Å². The zero-order valence-corrected chi connectivity index (χ0v) is 15.7. The second kappa shape index (κ2) is 7.00. The van der Waals surface area contributed by atoms with Gasteiger partial charge in [-0.25, -0.2) is 14.1 Å². The molecular weight excluding hydrogens is 363 g/mol. The average molecular weight is 380 g/mol. The first-order valence-corrected chi connectivity index (χ1v) is 9.43. The van der Waals surface area contributed by atoms with Crippen molar-refractivity contribution in [3.05, 3.63) is 81.5 Å². The number of hydrogen-bond acceptors (Lipinski definition) is 4. The van der Waals surface area contributed by atoms with Crippen LogP contribution >= 0.6 is 11.8 Å². The van der Waals surface area contributed by atoms with Crippen molar-refractivity contribution in [1.29, 1.82) is 0 Å². The van der Waals surface area contributed by atoms with Crippen LogP contribution < -0.4 is 5.56 Å². The number of thioether (sulfide) groups is 1. The van der Waals surface area contributed by atoms with Crippen molar-refractivity contribution < 1.29 is 4.39 Å². The van der Waals surface area contributed by atoms with Crippen LogP contribution in [0.1, 0.15) is 16.7 Å². The molecule has 0 fully saturated rings. The highest BCUT2D eigenvalue weighted by atomic mass is 32.2. The maximum absolute atomic E-state index is 13.2. The molecule has 5 nitrogen and oxygen atoms in total. The molecule has 2 heterocycles. The van der Waals surface area contributed by atoms with Gasteiger partial charge in [0.25, 0.3) is 5.56 Å². The van der Waals surface area contributed by atoms with E-state index in [1.165, 1.54) is 46.8 Å². The molecule has 2 aromatic carbocycles. The minimum Gasteiger partial charge on any atom is -0.301 e. The van der Waals surface area contributed by atoms with Gasteiger partial charge in [0.15, 0.2) is 10.8 Å². The number of aromatic nitrogens is 4. The fourth-order valence-electron chi connectivity index (χ4n) is 2.84. The number of aryl methyl sites for hydroxylation is 2. The van der Waals surface area contributed by atoms with Crippen LogP contribution in [0.2, 0.25) is 0 Å². The summed E-state index contributed by atoms with van der Waals surface area (Å²) in [5.41, 5.74) is 4.46. The summed E-state index contributed by atoms with van der Waals surface area (Å²) in [6, 6.07) is 12.2. The standard InChI is InChI=1S/C20H17FN4OS/c1-12-3-4-13(2)14(9-12)11-27-20-23-18-17(19(26)24-20)10-22-25(18)16-7-5-15(21)6-8-16/h3-10H,11H2,1-2H3,(H,23,24,26). The van der Waals surface area contributed by atoms with Crippen molar-refractivity contribution in [2.75, 3.05) is 0 Å². The van der Waals surface area contributed by atoms with E-state index in [2.05, 4.69) is 47.1 Å². The third-order valence-electron chi connectivity index (χ3n) is 4.36. The molecular formula is C20H17FN4OS. The van der Waals surface area contributed by atoms with Crippen molar-refractivity contribution in [3.8, 4) is 5.69 Å². The van der Waals surface area contributed by atoms with Gasteiger partial charge in [-0.1, -0.05) is 35.5 Å². The molecule has 0 bridgehead atoms. The summed E-state index contributed by atoms with van der Waals surface area (Å²) in [6.45, 7) is 4.12. The molecule has 0 aliphatic rings. The van der Waals surface area contributed by atoms with Crippen LogP contribution in [0.3, 0.4) is 0 Å². The van der Waals surface area contributed by atoms with Gasteiger partial charge in [-0.3, -0.25) is 4.79 Å². The molecule has 0 spiro atoms. The number of H-pyrrole nitrogens is 1. The molecule has 0 saturated heterocycles. The van der Waals surface area contributed by atoms with Gasteiger partial charge in [0.05, 0.1) is 11.9 Å². The second-order valence-corrected chi connectivity index (χ2v) is 7.32. The van der Waals surface area contributed by atoms with Crippen LogP contribution in [0.4, 0.5) is 4.39 Å². The number of nitrogens with one attached hydrogen (secondary N) is 1. The highest BCUT2D eigenvalue weighted by Gasteiger charge is 2.12. The average Bonchev–Trinajstić information content (AvgIpc) is 3.08. The molecule has 0 aliphatic carbocycles. The Morgan fingerprint density at radius 2 is 1.93 bits per heavy atom. The van der Waals surface area contributed by atoms with Crippen molar-refractivity contribution in [2.24, 2.45) is 0 Å². The number of fused-ring (bicyclic) bond motifs is 1. The summed E-state index contributed by atoms with van der Waals surface area (Å²) in [5.74, 6) is 0.373. The molecule has 1 N–H and O–H groups in total. The Balaban J connectivity index is 1.70. The maximum Gasteiger partial charge on any atom is 0.262 e. The maximum atomic E-state index is 13.2. The van der Waals surface area contributed by atoms with E-state index in [9.17, 15) is 9.18 Å². The van der Waals surface area contributed by atoms with E-state index in [1.54, 1.807) is 16.8 Å². The number of hydrogen-bond donors (Lipinski definition) is 1. The van der Waals surface area contributed by atoms with Crippen molar-refractivity contribution >= 4 is 22.8 Å². The van der Waals surface area contributed by atoms with Gasteiger partial charge in [-0.2, -0.15) is 5.10 Å². The Bertz CT molecular complexity index is 1180. The van der Waals surface area contributed by atoms with Crippen molar-refractivity contribution in [2.45, 2.75) is 24.8 Å². The topological polar surface area (TPSA) is 63.6 Å². The van der Waals surface area contributed by atoms with Gasteiger partial charge >= 0.3 is 0 Å². The summed E-state index contributed by atoms with van der Waals surface area (Å²) >= 11 is 1.47. The third kappa shape index (κ3) is 3.50. The van der Waals surface area contributed by atoms with E-state index < -0.39 is 0 Å². The quantitative estimate of drug-likeness (QED) is 0.427. The van der Waals surface area contributed by atoms with E-state index in [-0.39, 0.29) is 11.4 Å². The fraction of sp³-hybridized carbons (Fsp3) is 0.150. The lowest BCUT2D eigenvalue weighted by molar-refractivity contribution is 0.627. The van der Waals surface area contributed by atoms with Crippen LogP contribution in [0.25, 0.3) is 16.7 Å². The summed E-state index contributed by atoms with van der Waals surface area (Å²) in [4.78, 5) is 19.8. The predicted octanol–water partition coefficient (Wildman–Crippen LogP) is 4.16. The van der Waals surface area contributed by atoms with E-state index in [1.807, 2.05) is 0 Å². The summed E-state index contributed by atoms with van der Waals surface area (Å²) in [7, 11) is 0. The minimum atomic E-state index is -0.328. The number of benzene rings is 2. The van der Waals surface area contributed by atoms with Crippen LogP contribution in [0.15, 0.2) is 58.6 Å². The van der Waals surface area contributed by atoms with Crippen LogP contribution in [-0.2, 0) is 5.75 Å². The number of nitrogens with zero attached hydrogens (tertiary/aromatic N) is 3. The summed E-state index contributed by atoms with van der Waals surface area (Å²) < 4.78 is 14.7. The van der Waals surface area contributed by atoms with Gasteiger partial charge < -0.3 is 4.98 Å². The zero-order chi connectivity index (χ0) is 19.0. The Labute approximate surface area is 159 Å². The largest absolute Gasteiger partial charge is 0.301 e. The fourth-order valence-corrected chi connectivity index (χ4v) is 3.76. The lowest BCUT2D eigenvalue weighted by atomic mass is 10.1. The first-order valence-electron chi connectivity index (χ1n) is 8.44. The molecule has 0 saturated carbocycles. The molecule has 2 aromatic heterocycles. The molecule has 4 rings (SSSR count). The van der Waals surface area contributed by atoms with Crippen LogP contribution in [0.5, 0.6) is 0 Å². The smallest absolute Gasteiger partial charge is 0.262 e. The monoisotopic (exact) mass is 380 g/mol. The molecule has 27 heavy (non-hydrogen) atoms. The normalized spacial score (nSPS) is 11.2. The SMILES string of the molecule is Cc1ccc(C)c(CSc2nc3c(cnn3-c3ccc(F)cc3)c(=O)[nH]2)c1. The Hall–Kier alpha value is -2.93. The zero-order valence-electron chi connectivity index (χ0n) is 14.9. The van der Waals surface area contributed by atoms with Gasteiger partial charge in [0.1, 0.15) is 11.2 Å². The molecule has 0 unspecified atom stereocenters. The predicted molar refractivity (Wildman–Crippen MR) is 105 cm³/mol. The van der Waals surface area contributed by atoms with Crippen LogP contribution in [0, 0.1) is 19.7 Å². The van der Waals surface area contributed by atoms with Gasteiger partial charge in [-0.05, 0) is 49.2 Å². The molecule has 7 heteroatoms. The lowest BCUT2D eigenvalue weighted by Gasteiger charge is -2.07. The third-order valence-corrected chi connectivity index (χ3v) is 5.28. The molecule has 0 radical (unpaired) electrons. The van der Waals surface area contributed by atoms with Crippen molar-refractivity contribution in [3.63, 3.8) is 0 Å². The lowest BCUT2D eigenvalue weighted by Crippen LogP contribution is -2.09. The van der Waals surface area contributed by atoms with E-state index in [0.29, 0.717) is 27.6 Å². The van der Waals surface area contributed by atoms with Gasteiger partial charge in [-0.15, -0.1) is 0 Å². The van der Waals surface area contributed by atoms with E-state index in [4.69, 9.17) is 0 Å². The summed E-state index contributed by atoms with van der Waals surface area (Å²) in [6.07, 6.45) is 1.48.